The summed E-state index contributed by atoms with van der Waals surface area (Å²) in [5, 5.41) is 0. The number of piperidine rings is 2. The number of fused-ring (bicyclic) bond motifs is 2. The summed E-state index contributed by atoms with van der Waals surface area (Å²) in [7, 11) is 0. The second-order valence-corrected chi connectivity index (χ2v) is 7.14. The van der Waals surface area contributed by atoms with Gasteiger partial charge < -0.3 is 10.6 Å². The van der Waals surface area contributed by atoms with Crippen molar-refractivity contribution in [2.75, 3.05) is 12.3 Å². The zero-order valence-electron chi connectivity index (χ0n) is 12.8. The monoisotopic (exact) mass is 399 g/mol. The van der Waals surface area contributed by atoms with Gasteiger partial charge in [0.05, 0.1) is 6.04 Å². The number of rotatable bonds is 1. The van der Waals surface area contributed by atoms with E-state index in [9.17, 15) is 13.6 Å². The number of nitrogens with two attached hydrogens (primary N) is 1. The van der Waals surface area contributed by atoms with Gasteiger partial charge >= 0.3 is 0 Å². The van der Waals surface area contributed by atoms with Crippen molar-refractivity contribution in [1.82, 2.24) is 19.3 Å². The normalized spacial score (nSPS) is 26.6. The van der Waals surface area contributed by atoms with Crippen LogP contribution in [-0.2, 0) is 4.79 Å². The maximum Gasteiger partial charge on any atom is 0.268 e. The number of aromatic nitrogens is 3. The van der Waals surface area contributed by atoms with Gasteiger partial charge in [0, 0.05) is 37.7 Å². The number of amides is 1. The van der Waals surface area contributed by atoms with Gasteiger partial charge in [-0.1, -0.05) is 0 Å². The van der Waals surface area contributed by atoms with Crippen molar-refractivity contribution < 1.29 is 13.6 Å². The highest BCUT2D eigenvalue weighted by Gasteiger charge is 2.51. The second-order valence-electron chi connectivity index (χ2n) is 6.39. The average Bonchev–Trinajstić information content (AvgIpc) is 2.89. The second kappa shape index (κ2) is 5.37. The summed E-state index contributed by atoms with van der Waals surface area (Å²) in [6.07, 6.45) is 3.70. The molecule has 0 aromatic carbocycles. The van der Waals surface area contributed by atoms with Gasteiger partial charge in [0.2, 0.25) is 5.91 Å². The van der Waals surface area contributed by atoms with Crippen molar-refractivity contribution in [3.63, 3.8) is 0 Å². The van der Waals surface area contributed by atoms with Crippen molar-refractivity contribution in [2.45, 2.75) is 43.6 Å². The zero-order valence-corrected chi connectivity index (χ0v) is 14.3. The van der Waals surface area contributed by atoms with Gasteiger partial charge in [-0.05, 0) is 28.8 Å². The minimum absolute atomic E-state index is 0.0981. The molecular formula is C15H16BrF2N5O. The predicted octanol–water partition coefficient (Wildman–Crippen LogP) is 2.58. The molecule has 0 bridgehead atoms. The van der Waals surface area contributed by atoms with E-state index in [4.69, 9.17) is 5.73 Å². The lowest BCUT2D eigenvalue weighted by Gasteiger charge is -2.45. The van der Waals surface area contributed by atoms with Crippen LogP contribution in [0.25, 0.3) is 5.52 Å². The summed E-state index contributed by atoms with van der Waals surface area (Å²) in [6, 6.07) is -0.989. The number of alkyl halides is 2. The first kappa shape index (κ1) is 15.7. The number of carbonyl (C=O) groups is 1. The minimum atomic E-state index is -2.80. The molecule has 9 heteroatoms. The van der Waals surface area contributed by atoms with E-state index in [1.165, 1.54) is 4.90 Å². The maximum atomic E-state index is 14.1. The molecule has 6 nitrogen and oxygen atoms in total. The molecule has 2 aliphatic heterocycles. The van der Waals surface area contributed by atoms with Crippen molar-refractivity contribution >= 4 is 33.2 Å². The van der Waals surface area contributed by atoms with Crippen molar-refractivity contribution in [3.8, 4) is 0 Å². The van der Waals surface area contributed by atoms with Crippen LogP contribution in [0.2, 0.25) is 0 Å². The smallest absolute Gasteiger partial charge is 0.268 e. The maximum absolute atomic E-state index is 14.1. The van der Waals surface area contributed by atoms with Gasteiger partial charge in [0.25, 0.3) is 5.92 Å². The number of hydrogen-bond donors (Lipinski definition) is 1. The number of halogens is 3. The number of nitrogen functional groups attached to an aromatic ring is 1. The summed E-state index contributed by atoms with van der Waals surface area (Å²) in [5.41, 5.74) is 6.56. The molecule has 2 aromatic rings. The first-order valence-electron chi connectivity index (χ1n) is 7.83. The minimum Gasteiger partial charge on any atom is -0.382 e. The molecule has 128 valence electrons. The van der Waals surface area contributed by atoms with E-state index in [2.05, 4.69) is 25.9 Å². The quantitative estimate of drug-likeness (QED) is 0.799. The average molecular weight is 400 g/mol. The van der Waals surface area contributed by atoms with Crippen LogP contribution in [0.15, 0.2) is 17.0 Å². The van der Waals surface area contributed by atoms with Gasteiger partial charge in [-0.2, -0.15) is 0 Å². The van der Waals surface area contributed by atoms with Crippen molar-refractivity contribution in [1.29, 1.82) is 0 Å². The number of imidazole rings is 1. The molecular weight excluding hydrogens is 384 g/mol. The largest absolute Gasteiger partial charge is 0.382 e. The first-order valence-corrected chi connectivity index (χ1v) is 8.63. The zero-order chi connectivity index (χ0) is 17.1. The standard InChI is InChI=1S/C15H16BrF2N5O/c16-12-11-13(19)20-5-6-22(11)14(21-12)8-1-2-9-15(17,18)4-3-10(24)23(9)7-8/h5-6,8-9H,1-4,7H2,(H2,19,20)/t8-,9-/m1/s1. The Morgan fingerprint density at radius 2 is 2.17 bits per heavy atom. The molecule has 2 aromatic heterocycles. The van der Waals surface area contributed by atoms with Crippen LogP contribution in [-0.4, -0.2) is 43.7 Å². The van der Waals surface area contributed by atoms with E-state index < -0.39 is 12.0 Å². The molecule has 0 unspecified atom stereocenters. The Labute approximate surface area is 145 Å². The van der Waals surface area contributed by atoms with Gasteiger partial charge in [0.1, 0.15) is 15.9 Å². The van der Waals surface area contributed by atoms with Gasteiger partial charge in [-0.15, -0.1) is 0 Å². The third-order valence-corrected chi connectivity index (χ3v) is 5.55. The first-order chi connectivity index (χ1) is 11.4. The highest BCUT2D eigenvalue weighted by Crippen LogP contribution is 2.42. The van der Waals surface area contributed by atoms with E-state index in [1.54, 1.807) is 12.4 Å². The fourth-order valence-electron chi connectivity index (χ4n) is 3.81. The fraction of sp³-hybridized carbons (Fsp3) is 0.533. The van der Waals surface area contributed by atoms with Crippen LogP contribution in [0, 0.1) is 0 Å². The molecule has 0 saturated carbocycles. The fourth-order valence-corrected chi connectivity index (χ4v) is 4.39. The third kappa shape index (κ3) is 2.28. The van der Waals surface area contributed by atoms with Gasteiger partial charge in [0.15, 0.2) is 5.82 Å². The van der Waals surface area contributed by atoms with Crippen LogP contribution in [0.4, 0.5) is 14.6 Å². The Hall–Kier alpha value is -1.77. The lowest BCUT2D eigenvalue weighted by molar-refractivity contribution is -0.166. The van der Waals surface area contributed by atoms with Crippen LogP contribution in [0.5, 0.6) is 0 Å². The van der Waals surface area contributed by atoms with E-state index in [-0.39, 0.29) is 37.6 Å². The molecule has 0 radical (unpaired) electrons. The highest BCUT2D eigenvalue weighted by molar-refractivity contribution is 9.10. The molecule has 2 saturated heterocycles. The van der Waals surface area contributed by atoms with Crippen LogP contribution < -0.4 is 5.73 Å². The van der Waals surface area contributed by atoms with Gasteiger partial charge in [-0.25, -0.2) is 18.7 Å². The third-order valence-electron chi connectivity index (χ3n) is 4.99. The Morgan fingerprint density at radius 3 is 2.96 bits per heavy atom. The molecule has 24 heavy (non-hydrogen) atoms. The van der Waals surface area contributed by atoms with Crippen molar-refractivity contribution in [3.05, 3.63) is 22.8 Å². The predicted molar refractivity (Wildman–Crippen MR) is 86.8 cm³/mol. The number of anilines is 1. The molecule has 4 heterocycles. The number of carbonyl (C=O) groups excluding carboxylic acids is 1. The van der Waals surface area contributed by atoms with E-state index in [0.717, 1.165) is 0 Å². The highest BCUT2D eigenvalue weighted by atomic mass is 79.9. The Morgan fingerprint density at radius 1 is 1.38 bits per heavy atom. The van der Waals surface area contributed by atoms with Crippen LogP contribution >= 0.6 is 15.9 Å². The van der Waals surface area contributed by atoms with Crippen LogP contribution in [0.1, 0.15) is 37.4 Å². The lowest BCUT2D eigenvalue weighted by Crippen LogP contribution is -2.58. The van der Waals surface area contributed by atoms with Gasteiger partial charge in [-0.3, -0.25) is 9.20 Å². The molecule has 2 N–H and O–H groups in total. The van der Waals surface area contributed by atoms with E-state index in [1.807, 2.05) is 4.40 Å². The molecule has 2 aliphatic rings. The molecule has 0 spiro atoms. The van der Waals surface area contributed by atoms with Crippen LogP contribution in [0.3, 0.4) is 0 Å². The topological polar surface area (TPSA) is 76.5 Å². The SMILES string of the molecule is Nc1nccn2c([C@@H]3CC[C@H]4N(C3)C(=O)CCC4(F)F)nc(Br)c12. The lowest BCUT2D eigenvalue weighted by atomic mass is 9.84. The number of nitrogens with zero attached hydrogens (tertiary/aromatic N) is 4. The molecule has 4 rings (SSSR count). The molecule has 2 fully saturated rings. The Kier molecular flexibility index (Phi) is 3.52. The summed E-state index contributed by atoms with van der Waals surface area (Å²) in [6.45, 7) is 0.257. The molecule has 0 aliphatic carbocycles. The summed E-state index contributed by atoms with van der Waals surface area (Å²) in [4.78, 5) is 22.0. The Bertz CT molecular complexity index is 824. The van der Waals surface area contributed by atoms with Crippen molar-refractivity contribution in [2.24, 2.45) is 0 Å². The molecule has 2 atom stereocenters. The summed E-state index contributed by atoms with van der Waals surface area (Å²) in [5.74, 6) is -2.05. The van der Waals surface area contributed by atoms with E-state index in [0.29, 0.717) is 28.2 Å². The molecule has 1 amide bonds. The van der Waals surface area contributed by atoms with E-state index >= 15 is 0 Å². The Balaban J connectivity index is 1.70. The summed E-state index contributed by atoms with van der Waals surface area (Å²) < 4.78 is 30.6. The summed E-state index contributed by atoms with van der Waals surface area (Å²) >= 11 is 3.38. The number of hydrogen-bond acceptors (Lipinski definition) is 4.